The Bertz CT molecular complexity index is 700. The van der Waals surface area contributed by atoms with Crippen molar-refractivity contribution in [3.63, 3.8) is 0 Å². The van der Waals surface area contributed by atoms with Crippen LogP contribution in [0.1, 0.15) is 30.8 Å². The highest BCUT2D eigenvalue weighted by molar-refractivity contribution is 9.10. The summed E-state index contributed by atoms with van der Waals surface area (Å²) in [5.74, 6) is 0.493. The second-order valence-electron chi connectivity index (χ2n) is 4.69. The van der Waals surface area contributed by atoms with Gasteiger partial charge in [-0.25, -0.2) is 0 Å². The van der Waals surface area contributed by atoms with Gasteiger partial charge in [0.1, 0.15) is 10.8 Å². The summed E-state index contributed by atoms with van der Waals surface area (Å²) in [6, 6.07) is 5.67. The first-order valence-corrected chi connectivity index (χ1v) is 8.97. The number of anilines is 1. The van der Waals surface area contributed by atoms with Crippen LogP contribution in [0.25, 0.3) is 6.08 Å². The van der Waals surface area contributed by atoms with Crippen LogP contribution in [0.4, 0.5) is 5.13 Å². The lowest BCUT2D eigenvalue weighted by Crippen LogP contribution is -2.07. The van der Waals surface area contributed by atoms with Gasteiger partial charge >= 0.3 is 0 Å². The summed E-state index contributed by atoms with van der Waals surface area (Å²) in [6.45, 7) is 4.57. The number of hydrogen-bond acceptors (Lipinski definition) is 5. The fourth-order valence-corrected chi connectivity index (χ4v) is 3.09. The fourth-order valence-electron chi connectivity index (χ4n) is 1.87. The largest absolute Gasteiger partial charge is 0.493 e. The highest BCUT2D eigenvalue weighted by atomic mass is 79.9. The normalized spacial score (nSPS) is 10.9. The molecule has 0 bridgehead atoms. The summed E-state index contributed by atoms with van der Waals surface area (Å²) < 4.78 is 6.47. The highest BCUT2D eigenvalue weighted by Gasteiger charge is 2.06. The molecule has 0 atom stereocenters. The van der Waals surface area contributed by atoms with Gasteiger partial charge < -0.3 is 4.74 Å². The standard InChI is InChI=1S/C16H18BrN3O2S/c1-3-5-15-19-20-16(23-15)18-14(21)9-6-11-10-12(17)7-8-13(11)22-4-2/h6-10H,3-5H2,1-2H3,(H,18,20,21). The molecule has 0 aliphatic carbocycles. The smallest absolute Gasteiger partial charge is 0.250 e. The fraction of sp³-hybridized carbons (Fsp3) is 0.312. The molecule has 0 saturated heterocycles. The summed E-state index contributed by atoms with van der Waals surface area (Å²) >= 11 is 4.82. The van der Waals surface area contributed by atoms with Crippen molar-refractivity contribution in [3.8, 4) is 5.75 Å². The molecule has 2 aromatic rings. The summed E-state index contributed by atoms with van der Waals surface area (Å²) in [6.07, 6.45) is 5.06. The predicted molar refractivity (Wildman–Crippen MR) is 96.9 cm³/mol. The number of aryl methyl sites for hydroxylation is 1. The Hall–Kier alpha value is -1.73. The molecule has 0 saturated carbocycles. The van der Waals surface area contributed by atoms with E-state index in [2.05, 4.69) is 38.4 Å². The Kier molecular flexibility index (Phi) is 6.73. The van der Waals surface area contributed by atoms with Crippen molar-refractivity contribution in [2.75, 3.05) is 11.9 Å². The van der Waals surface area contributed by atoms with Crippen LogP contribution in [0.5, 0.6) is 5.75 Å². The second-order valence-corrected chi connectivity index (χ2v) is 6.67. The first-order chi connectivity index (χ1) is 11.1. The van der Waals surface area contributed by atoms with Gasteiger partial charge in [0.15, 0.2) is 0 Å². The van der Waals surface area contributed by atoms with Crippen LogP contribution in [0.2, 0.25) is 0 Å². The number of rotatable bonds is 7. The molecule has 7 heteroatoms. The minimum atomic E-state index is -0.244. The zero-order valence-electron chi connectivity index (χ0n) is 13.0. The first kappa shape index (κ1) is 17.6. The van der Waals surface area contributed by atoms with Crippen LogP contribution in [-0.4, -0.2) is 22.7 Å². The maximum Gasteiger partial charge on any atom is 0.250 e. The third-order valence-electron chi connectivity index (χ3n) is 2.85. The molecule has 1 aromatic carbocycles. The third kappa shape index (κ3) is 5.44. The van der Waals surface area contributed by atoms with Crippen molar-refractivity contribution in [2.24, 2.45) is 0 Å². The molecular weight excluding hydrogens is 378 g/mol. The Morgan fingerprint density at radius 1 is 1.39 bits per heavy atom. The highest BCUT2D eigenvalue weighted by Crippen LogP contribution is 2.24. The van der Waals surface area contributed by atoms with Crippen molar-refractivity contribution in [2.45, 2.75) is 26.7 Å². The van der Waals surface area contributed by atoms with Crippen molar-refractivity contribution in [1.29, 1.82) is 0 Å². The van der Waals surface area contributed by atoms with Gasteiger partial charge in [-0.05, 0) is 37.6 Å². The minimum absolute atomic E-state index is 0.244. The molecule has 0 aliphatic rings. The molecule has 1 amide bonds. The monoisotopic (exact) mass is 395 g/mol. The van der Waals surface area contributed by atoms with E-state index in [9.17, 15) is 4.79 Å². The Morgan fingerprint density at radius 3 is 2.96 bits per heavy atom. The number of nitrogens with one attached hydrogen (secondary N) is 1. The number of amides is 1. The molecule has 0 unspecified atom stereocenters. The van der Waals surface area contributed by atoms with Crippen molar-refractivity contribution in [3.05, 3.63) is 39.3 Å². The van der Waals surface area contributed by atoms with Crippen LogP contribution in [0, 0.1) is 0 Å². The van der Waals surface area contributed by atoms with E-state index in [0.29, 0.717) is 11.7 Å². The molecule has 1 aromatic heterocycles. The van der Waals surface area contributed by atoms with Crippen LogP contribution >= 0.6 is 27.3 Å². The number of benzene rings is 1. The zero-order chi connectivity index (χ0) is 16.7. The first-order valence-electron chi connectivity index (χ1n) is 7.36. The number of halogens is 1. The van der Waals surface area contributed by atoms with Gasteiger partial charge in [-0.3, -0.25) is 10.1 Å². The van der Waals surface area contributed by atoms with Gasteiger partial charge in [-0.2, -0.15) is 0 Å². The topological polar surface area (TPSA) is 64.1 Å². The maximum absolute atomic E-state index is 12.0. The molecule has 1 heterocycles. The number of nitrogens with zero attached hydrogens (tertiary/aromatic N) is 2. The van der Waals surface area contributed by atoms with Gasteiger partial charge in [0.25, 0.3) is 0 Å². The van der Waals surface area contributed by atoms with Crippen molar-refractivity contribution >= 4 is 44.4 Å². The van der Waals surface area contributed by atoms with Gasteiger partial charge in [-0.1, -0.05) is 34.2 Å². The van der Waals surface area contributed by atoms with Gasteiger partial charge in [0.2, 0.25) is 11.0 Å². The van der Waals surface area contributed by atoms with E-state index in [-0.39, 0.29) is 5.91 Å². The molecule has 122 valence electrons. The van der Waals surface area contributed by atoms with Gasteiger partial charge in [0, 0.05) is 22.5 Å². The van der Waals surface area contributed by atoms with Crippen LogP contribution in [-0.2, 0) is 11.2 Å². The van der Waals surface area contributed by atoms with Crippen molar-refractivity contribution < 1.29 is 9.53 Å². The molecule has 1 N–H and O–H groups in total. The lowest BCUT2D eigenvalue weighted by molar-refractivity contribution is -0.111. The maximum atomic E-state index is 12.0. The molecule has 0 spiro atoms. The number of carbonyl (C=O) groups excluding carboxylic acids is 1. The van der Waals surface area contributed by atoms with E-state index in [1.165, 1.54) is 17.4 Å². The summed E-state index contributed by atoms with van der Waals surface area (Å²) in [7, 11) is 0. The molecule has 5 nitrogen and oxygen atoms in total. The minimum Gasteiger partial charge on any atom is -0.493 e. The summed E-state index contributed by atoms with van der Waals surface area (Å²) in [5.41, 5.74) is 0.834. The Morgan fingerprint density at radius 2 is 2.22 bits per heavy atom. The van der Waals surface area contributed by atoms with Gasteiger partial charge in [0.05, 0.1) is 6.61 Å². The van der Waals surface area contributed by atoms with E-state index >= 15 is 0 Å². The Balaban J connectivity index is 2.04. The van der Waals surface area contributed by atoms with Crippen LogP contribution < -0.4 is 10.1 Å². The quantitative estimate of drug-likeness (QED) is 0.709. The summed E-state index contributed by atoms with van der Waals surface area (Å²) in [4.78, 5) is 12.0. The SMILES string of the molecule is CCCc1nnc(NC(=O)C=Cc2cc(Br)ccc2OCC)s1. The molecule has 2 rings (SSSR count). The van der Waals surface area contributed by atoms with Crippen molar-refractivity contribution in [1.82, 2.24) is 10.2 Å². The number of ether oxygens (including phenoxy) is 1. The van der Waals surface area contributed by atoms with Gasteiger partial charge in [-0.15, -0.1) is 10.2 Å². The van der Waals surface area contributed by atoms with E-state index < -0.39 is 0 Å². The van der Waals surface area contributed by atoms with Crippen LogP contribution in [0.3, 0.4) is 0 Å². The molecular formula is C16H18BrN3O2S. The number of hydrogen-bond donors (Lipinski definition) is 1. The Labute approximate surface area is 147 Å². The van der Waals surface area contributed by atoms with E-state index in [1.807, 2.05) is 25.1 Å². The van der Waals surface area contributed by atoms with Crippen LogP contribution in [0.15, 0.2) is 28.7 Å². The molecule has 23 heavy (non-hydrogen) atoms. The third-order valence-corrected chi connectivity index (χ3v) is 4.24. The zero-order valence-corrected chi connectivity index (χ0v) is 15.4. The van der Waals surface area contributed by atoms with E-state index in [0.717, 1.165) is 33.6 Å². The lowest BCUT2D eigenvalue weighted by Gasteiger charge is -2.07. The molecule has 0 radical (unpaired) electrons. The lowest BCUT2D eigenvalue weighted by atomic mass is 10.2. The number of aromatic nitrogens is 2. The average Bonchev–Trinajstić information content (AvgIpc) is 2.95. The molecule has 0 aliphatic heterocycles. The predicted octanol–water partition coefficient (Wildman–Crippen LogP) is 4.30. The van der Waals surface area contributed by atoms with E-state index in [1.54, 1.807) is 6.08 Å². The average molecular weight is 396 g/mol. The summed E-state index contributed by atoms with van der Waals surface area (Å²) in [5, 5.41) is 12.2. The molecule has 0 fully saturated rings. The second kappa shape index (κ2) is 8.79. The van der Waals surface area contributed by atoms with E-state index in [4.69, 9.17) is 4.74 Å². The number of carbonyl (C=O) groups is 1.